The number of aromatic nitrogens is 1. The van der Waals surface area contributed by atoms with E-state index in [1.807, 2.05) is 6.07 Å². The summed E-state index contributed by atoms with van der Waals surface area (Å²) in [5.74, 6) is 0.197. The molecule has 0 aliphatic carbocycles. The Bertz CT molecular complexity index is 412. The highest BCUT2D eigenvalue weighted by atomic mass is 16.3. The molecule has 1 aliphatic heterocycles. The summed E-state index contributed by atoms with van der Waals surface area (Å²) in [6.45, 7) is 3.48. The maximum absolute atomic E-state index is 9.62. The van der Waals surface area contributed by atoms with Gasteiger partial charge in [-0.1, -0.05) is 6.42 Å². The van der Waals surface area contributed by atoms with Gasteiger partial charge in [0, 0.05) is 25.7 Å². The van der Waals surface area contributed by atoms with Crippen LogP contribution >= 0.6 is 0 Å². The quantitative estimate of drug-likeness (QED) is 0.826. The van der Waals surface area contributed by atoms with E-state index in [1.54, 1.807) is 19.3 Å². The lowest BCUT2D eigenvalue weighted by Crippen LogP contribution is -2.31. The first-order valence-electron chi connectivity index (χ1n) is 6.63. The third-order valence-corrected chi connectivity index (χ3v) is 3.34. The smallest absolute Gasteiger partial charge is 0.142 e. The molecule has 4 heteroatoms. The van der Waals surface area contributed by atoms with Crippen LogP contribution in [0.5, 0.6) is 5.75 Å². The predicted molar refractivity (Wildman–Crippen MR) is 73.4 cm³/mol. The van der Waals surface area contributed by atoms with Crippen molar-refractivity contribution >= 4 is 6.21 Å². The molecule has 0 spiro atoms. The fraction of sp³-hybridized carbons (Fsp3) is 0.571. The second kappa shape index (κ2) is 6.50. The molecule has 0 unspecified atom stereocenters. The zero-order chi connectivity index (χ0) is 12.8. The van der Waals surface area contributed by atoms with Crippen LogP contribution in [0.4, 0.5) is 0 Å². The predicted octanol–water partition coefficient (Wildman–Crippen LogP) is 1.86. The van der Waals surface area contributed by atoms with Gasteiger partial charge < -0.3 is 10.0 Å². The van der Waals surface area contributed by atoms with Crippen LogP contribution in [0, 0.1) is 0 Å². The van der Waals surface area contributed by atoms with E-state index in [1.165, 1.54) is 32.4 Å². The minimum Gasteiger partial charge on any atom is -0.506 e. The van der Waals surface area contributed by atoms with Gasteiger partial charge in [-0.2, -0.15) is 0 Å². The number of likely N-dealkylation sites (tertiary alicyclic amines) is 1. The summed E-state index contributed by atoms with van der Waals surface area (Å²) >= 11 is 0. The Morgan fingerprint density at radius 2 is 2.11 bits per heavy atom. The number of nitrogens with zero attached hydrogens (tertiary/aromatic N) is 3. The van der Waals surface area contributed by atoms with Crippen LogP contribution in [0.15, 0.2) is 17.1 Å². The van der Waals surface area contributed by atoms with Crippen molar-refractivity contribution in [2.45, 2.75) is 25.7 Å². The minimum atomic E-state index is 0.197. The lowest BCUT2D eigenvalue weighted by atomic mass is 10.1. The molecule has 1 aromatic heterocycles. The summed E-state index contributed by atoms with van der Waals surface area (Å²) in [7, 11) is 1.68. The Morgan fingerprint density at radius 1 is 1.33 bits per heavy atom. The second-order valence-corrected chi connectivity index (χ2v) is 4.75. The number of pyridine rings is 1. The summed E-state index contributed by atoms with van der Waals surface area (Å²) in [6, 6.07) is 3.60. The number of aliphatic imine (C=N–C) groups is 1. The molecule has 2 rings (SSSR count). The Labute approximate surface area is 108 Å². The summed E-state index contributed by atoms with van der Waals surface area (Å²) in [5, 5.41) is 9.62. The van der Waals surface area contributed by atoms with Gasteiger partial charge in [-0.25, -0.2) is 4.98 Å². The normalized spacial score (nSPS) is 17.4. The molecule has 0 atom stereocenters. The lowest BCUT2D eigenvalue weighted by molar-refractivity contribution is 0.231. The zero-order valence-electron chi connectivity index (χ0n) is 11.0. The van der Waals surface area contributed by atoms with Crippen molar-refractivity contribution in [2.24, 2.45) is 4.99 Å². The van der Waals surface area contributed by atoms with Crippen molar-refractivity contribution in [1.29, 1.82) is 0 Å². The molecule has 2 heterocycles. The molecule has 0 aromatic carbocycles. The Hall–Kier alpha value is -1.42. The van der Waals surface area contributed by atoms with Crippen LogP contribution in [0.25, 0.3) is 0 Å². The Balaban J connectivity index is 1.94. The van der Waals surface area contributed by atoms with Gasteiger partial charge in [0.2, 0.25) is 0 Å². The third-order valence-electron chi connectivity index (χ3n) is 3.34. The van der Waals surface area contributed by atoms with Crippen LogP contribution in [0.3, 0.4) is 0 Å². The molecule has 0 radical (unpaired) electrons. The molecule has 1 aromatic rings. The maximum atomic E-state index is 9.62. The monoisotopic (exact) mass is 247 g/mol. The number of rotatable bonds is 4. The van der Waals surface area contributed by atoms with Crippen molar-refractivity contribution in [2.75, 3.05) is 26.7 Å². The van der Waals surface area contributed by atoms with E-state index in [0.29, 0.717) is 5.69 Å². The standard InChI is InChI=1S/C14H21N3O/c1-15-11-13-14(18)6-5-12(16-13)7-10-17-8-3-2-4-9-17/h5-6,11,18H,2-4,7-10H2,1H3/b15-11+. The fourth-order valence-corrected chi connectivity index (χ4v) is 2.32. The van der Waals surface area contributed by atoms with E-state index in [2.05, 4.69) is 14.9 Å². The van der Waals surface area contributed by atoms with Gasteiger partial charge in [-0.3, -0.25) is 4.99 Å². The Kier molecular flexibility index (Phi) is 4.70. The van der Waals surface area contributed by atoms with E-state index in [0.717, 1.165) is 18.7 Å². The van der Waals surface area contributed by atoms with E-state index in [9.17, 15) is 5.11 Å². The lowest BCUT2D eigenvalue weighted by Gasteiger charge is -2.26. The number of hydrogen-bond donors (Lipinski definition) is 1. The molecule has 0 saturated carbocycles. The summed E-state index contributed by atoms with van der Waals surface area (Å²) in [6.07, 6.45) is 6.53. The largest absolute Gasteiger partial charge is 0.506 e. The van der Waals surface area contributed by atoms with Crippen molar-refractivity contribution in [3.8, 4) is 5.75 Å². The number of piperidine rings is 1. The van der Waals surface area contributed by atoms with Crippen molar-refractivity contribution in [3.05, 3.63) is 23.5 Å². The molecule has 1 N–H and O–H groups in total. The molecular weight excluding hydrogens is 226 g/mol. The molecule has 1 fully saturated rings. The first-order valence-corrected chi connectivity index (χ1v) is 6.63. The van der Waals surface area contributed by atoms with Gasteiger partial charge in [0.1, 0.15) is 11.4 Å². The molecule has 0 bridgehead atoms. The van der Waals surface area contributed by atoms with Gasteiger partial charge in [0.05, 0.1) is 6.21 Å². The first-order chi connectivity index (χ1) is 8.79. The van der Waals surface area contributed by atoms with Crippen LogP contribution < -0.4 is 0 Å². The summed E-state index contributed by atoms with van der Waals surface area (Å²) in [4.78, 5) is 10.8. The second-order valence-electron chi connectivity index (χ2n) is 4.75. The van der Waals surface area contributed by atoms with Gasteiger partial charge in [0.25, 0.3) is 0 Å². The van der Waals surface area contributed by atoms with Crippen LogP contribution in [0.1, 0.15) is 30.7 Å². The SMILES string of the molecule is C/N=C/c1nc(CCN2CCCCC2)ccc1O. The molecule has 18 heavy (non-hydrogen) atoms. The topological polar surface area (TPSA) is 48.7 Å². The highest BCUT2D eigenvalue weighted by Gasteiger charge is 2.10. The average Bonchev–Trinajstić information content (AvgIpc) is 2.41. The fourth-order valence-electron chi connectivity index (χ4n) is 2.32. The molecule has 1 saturated heterocycles. The minimum absolute atomic E-state index is 0.197. The van der Waals surface area contributed by atoms with Crippen molar-refractivity contribution in [1.82, 2.24) is 9.88 Å². The van der Waals surface area contributed by atoms with E-state index in [-0.39, 0.29) is 5.75 Å². The van der Waals surface area contributed by atoms with Gasteiger partial charge in [-0.05, 0) is 38.1 Å². The molecular formula is C14H21N3O. The molecule has 1 aliphatic rings. The van der Waals surface area contributed by atoms with Gasteiger partial charge in [-0.15, -0.1) is 0 Å². The molecule has 4 nitrogen and oxygen atoms in total. The van der Waals surface area contributed by atoms with Crippen molar-refractivity contribution < 1.29 is 5.11 Å². The Morgan fingerprint density at radius 3 is 2.83 bits per heavy atom. The summed E-state index contributed by atoms with van der Waals surface area (Å²) in [5.41, 5.74) is 1.59. The highest BCUT2D eigenvalue weighted by molar-refractivity contribution is 5.80. The molecule has 98 valence electrons. The highest BCUT2D eigenvalue weighted by Crippen LogP contribution is 2.14. The third kappa shape index (κ3) is 3.53. The average molecular weight is 247 g/mol. The van der Waals surface area contributed by atoms with Gasteiger partial charge in [0.15, 0.2) is 0 Å². The zero-order valence-corrected chi connectivity index (χ0v) is 11.0. The number of hydrogen-bond acceptors (Lipinski definition) is 4. The van der Waals surface area contributed by atoms with E-state index in [4.69, 9.17) is 0 Å². The summed E-state index contributed by atoms with van der Waals surface area (Å²) < 4.78 is 0. The first kappa shape index (κ1) is 13.0. The van der Waals surface area contributed by atoms with E-state index < -0.39 is 0 Å². The maximum Gasteiger partial charge on any atom is 0.142 e. The van der Waals surface area contributed by atoms with Crippen molar-refractivity contribution in [3.63, 3.8) is 0 Å². The van der Waals surface area contributed by atoms with Crippen LogP contribution in [0.2, 0.25) is 0 Å². The van der Waals surface area contributed by atoms with Crippen LogP contribution in [-0.2, 0) is 6.42 Å². The molecule has 0 amide bonds. The number of aromatic hydroxyl groups is 1. The van der Waals surface area contributed by atoms with E-state index >= 15 is 0 Å². The van der Waals surface area contributed by atoms with Crippen LogP contribution in [-0.4, -0.2) is 47.9 Å². The van der Waals surface area contributed by atoms with Gasteiger partial charge >= 0.3 is 0 Å².